The second-order valence-corrected chi connectivity index (χ2v) is 12.0. The third-order valence-corrected chi connectivity index (χ3v) is 8.86. The lowest BCUT2D eigenvalue weighted by Crippen LogP contribution is -2.40. The van der Waals surface area contributed by atoms with Crippen LogP contribution >= 0.6 is 11.3 Å². The number of hydrogen-bond donors (Lipinski definition) is 3. The molecular weight excluding hydrogens is 584 g/mol. The fourth-order valence-electron chi connectivity index (χ4n) is 5.61. The first-order valence-corrected chi connectivity index (χ1v) is 15.5. The van der Waals surface area contributed by atoms with Gasteiger partial charge in [0.05, 0.1) is 17.8 Å². The molecule has 3 N–H and O–H groups in total. The Hall–Kier alpha value is -5.27. The van der Waals surface area contributed by atoms with Gasteiger partial charge in [0, 0.05) is 42.0 Å². The smallest absolute Gasteiger partial charge is 0.310 e. The molecule has 226 valence electrons. The van der Waals surface area contributed by atoms with Crippen molar-refractivity contribution in [3.05, 3.63) is 105 Å². The number of nitrogens with one attached hydrogen (secondary N) is 3. The van der Waals surface area contributed by atoms with Crippen molar-refractivity contribution in [1.29, 1.82) is 0 Å². The van der Waals surface area contributed by atoms with Crippen LogP contribution in [0.5, 0.6) is 0 Å². The molecule has 1 fully saturated rings. The van der Waals surface area contributed by atoms with Crippen LogP contribution < -0.4 is 16.0 Å². The van der Waals surface area contributed by atoms with Gasteiger partial charge in [0.15, 0.2) is 5.01 Å². The van der Waals surface area contributed by atoms with Gasteiger partial charge in [-0.15, -0.1) is 11.3 Å². The van der Waals surface area contributed by atoms with Gasteiger partial charge in [-0.3, -0.25) is 19.1 Å². The van der Waals surface area contributed by atoms with E-state index in [9.17, 15) is 14.4 Å². The topological polar surface area (TPSA) is 118 Å². The second-order valence-electron chi connectivity index (χ2n) is 11.1. The summed E-state index contributed by atoms with van der Waals surface area (Å²) in [7, 11) is 1.95. The predicted molar refractivity (Wildman–Crippen MR) is 174 cm³/mol. The average molecular weight is 617 g/mol. The van der Waals surface area contributed by atoms with Crippen LogP contribution in [-0.2, 0) is 28.7 Å². The van der Waals surface area contributed by atoms with Crippen molar-refractivity contribution in [3.63, 3.8) is 0 Å². The predicted octanol–water partition coefficient (Wildman–Crippen LogP) is 4.52. The van der Waals surface area contributed by atoms with E-state index >= 15 is 0 Å². The molecule has 1 aliphatic rings. The number of aromatic nitrogens is 3. The summed E-state index contributed by atoms with van der Waals surface area (Å²) in [6, 6.07) is 19.7. The Morgan fingerprint density at radius 3 is 2.49 bits per heavy atom. The molecule has 45 heavy (non-hydrogen) atoms. The van der Waals surface area contributed by atoms with Crippen LogP contribution in [0.15, 0.2) is 72.2 Å². The Labute approximate surface area is 265 Å². The van der Waals surface area contributed by atoms with Crippen molar-refractivity contribution >= 4 is 39.8 Å². The minimum atomic E-state index is -0.801. The number of rotatable bonds is 7. The molecule has 2 heterocycles. The van der Waals surface area contributed by atoms with Crippen LogP contribution in [0.1, 0.15) is 50.7 Å². The fraction of sp³-hybridized carbons (Fsp3) is 0.229. The molecule has 3 amide bonds. The zero-order chi connectivity index (χ0) is 31.6. The van der Waals surface area contributed by atoms with Gasteiger partial charge in [0.25, 0.3) is 5.91 Å². The van der Waals surface area contributed by atoms with Gasteiger partial charge in [-0.1, -0.05) is 48.4 Å². The number of nitrogens with zero attached hydrogens (tertiary/aromatic N) is 3. The summed E-state index contributed by atoms with van der Waals surface area (Å²) in [6.45, 7) is 4.13. The van der Waals surface area contributed by atoms with Crippen molar-refractivity contribution in [2.75, 3.05) is 6.54 Å². The van der Waals surface area contributed by atoms with Crippen molar-refractivity contribution < 1.29 is 14.4 Å². The number of hydrogen-bond acceptors (Lipinski definition) is 6. The summed E-state index contributed by atoms with van der Waals surface area (Å²) in [5.74, 6) is 3.76. The molecule has 6 rings (SSSR count). The summed E-state index contributed by atoms with van der Waals surface area (Å²) in [5, 5.41) is 17.7. The molecule has 0 bridgehead atoms. The largest absolute Gasteiger partial charge is 0.344 e. The van der Waals surface area contributed by atoms with Gasteiger partial charge in [-0.05, 0) is 78.3 Å². The summed E-state index contributed by atoms with van der Waals surface area (Å²) >= 11 is 1.39. The van der Waals surface area contributed by atoms with E-state index < -0.39 is 17.4 Å². The number of fused-ring (bicyclic) bond motifs is 1. The summed E-state index contributed by atoms with van der Waals surface area (Å²) in [5.41, 5.74) is 5.84. The first-order valence-electron chi connectivity index (χ1n) is 14.6. The molecule has 0 saturated heterocycles. The molecule has 1 saturated carbocycles. The van der Waals surface area contributed by atoms with E-state index in [1.165, 1.54) is 11.3 Å². The second kappa shape index (κ2) is 12.4. The lowest BCUT2D eigenvalue weighted by atomic mass is 9.91. The van der Waals surface area contributed by atoms with E-state index in [2.05, 4.69) is 69.1 Å². The van der Waals surface area contributed by atoms with Crippen LogP contribution in [0, 0.1) is 25.7 Å². The van der Waals surface area contributed by atoms with Crippen molar-refractivity contribution in [3.8, 4) is 23.0 Å². The first-order chi connectivity index (χ1) is 21.8. The molecule has 0 spiro atoms. The van der Waals surface area contributed by atoms with Crippen molar-refractivity contribution in [2.24, 2.45) is 7.05 Å². The standard InChI is InChI=1S/C35H32N6O3S/c1-22-31(23(2)41(3)40-22)29-20-26(19-24-9-4-6-11-27(24)29)35(14-15-35)39-32(42)28-12-7-5-10-25(28)21-38-34(44)33(43)37-16-8-13-30-36-17-18-45-30/h4-7,9-12,17-20H,14-16,21H2,1-3H3,(H,37,43)(H,38,44)(H,39,42). The van der Waals surface area contributed by atoms with Gasteiger partial charge < -0.3 is 16.0 Å². The molecule has 0 radical (unpaired) electrons. The maximum atomic E-state index is 13.7. The molecular formula is C35H32N6O3S. The van der Waals surface area contributed by atoms with Crippen LogP contribution in [-0.4, -0.2) is 39.0 Å². The Morgan fingerprint density at radius 1 is 1.00 bits per heavy atom. The number of benzene rings is 3. The lowest BCUT2D eigenvalue weighted by molar-refractivity contribution is -0.139. The van der Waals surface area contributed by atoms with E-state index in [1.807, 2.05) is 36.2 Å². The van der Waals surface area contributed by atoms with Crippen molar-refractivity contribution in [2.45, 2.75) is 38.8 Å². The summed E-state index contributed by atoms with van der Waals surface area (Å²) in [6.07, 6.45) is 3.27. The highest BCUT2D eigenvalue weighted by molar-refractivity contribution is 7.10. The molecule has 9 nitrogen and oxygen atoms in total. The monoisotopic (exact) mass is 616 g/mol. The zero-order valence-corrected chi connectivity index (χ0v) is 26.0. The number of amides is 3. The van der Waals surface area contributed by atoms with Gasteiger partial charge >= 0.3 is 11.8 Å². The average Bonchev–Trinajstić information content (AvgIpc) is 3.53. The zero-order valence-electron chi connectivity index (χ0n) is 25.2. The Kier molecular flexibility index (Phi) is 8.20. The van der Waals surface area contributed by atoms with Crippen LogP contribution in [0.2, 0.25) is 0 Å². The highest BCUT2D eigenvalue weighted by Gasteiger charge is 2.46. The van der Waals surface area contributed by atoms with E-state index in [1.54, 1.807) is 30.5 Å². The first kappa shape index (κ1) is 29.8. The molecule has 1 aliphatic carbocycles. The summed E-state index contributed by atoms with van der Waals surface area (Å²) in [4.78, 5) is 42.5. The van der Waals surface area contributed by atoms with Crippen LogP contribution in [0.25, 0.3) is 21.9 Å². The van der Waals surface area contributed by atoms with Crippen LogP contribution in [0.3, 0.4) is 0 Å². The third-order valence-electron chi connectivity index (χ3n) is 8.17. The molecule has 2 aromatic heterocycles. The molecule has 10 heteroatoms. The number of carbonyl (C=O) groups excluding carboxylic acids is 3. The molecule has 5 aromatic rings. The van der Waals surface area contributed by atoms with E-state index in [0.29, 0.717) is 16.1 Å². The van der Waals surface area contributed by atoms with Gasteiger partial charge in [0.2, 0.25) is 0 Å². The highest BCUT2D eigenvalue weighted by Crippen LogP contribution is 2.48. The molecule has 0 unspecified atom stereocenters. The SMILES string of the molecule is Cc1nn(C)c(C)c1-c1cc(C2(NC(=O)c3ccccc3CNC(=O)C(=O)NCC#Cc3nccs3)CC2)cc2ccccc12. The number of carbonyl (C=O) groups is 3. The van der Waals surface area contributed by atoms with E-state index in [0.717, 1.165) is 51.7 Å². The van der Waals surface area contributed by atoms with Gasteiger partial charge in [-0.2, -0.15) is 5.10 Å². The lowest BCUT2D eigenvalue weighted by Gasteiger charge is -2.21. The van der Waals surface area contributed by atoms with Gasteiger partial charge in [-0.25, -0.2) is 4.98 Å². The molecule has 3 aromatic carbocycles. The quantitative estimate of drug-likeness (QED) is 0.184. The minimum Gasteiger partial charge on any atom is -0.344 e. The Morgan fingerprint density at radius 2 is 1.76 bits per heavy atom. The fourth-order valence-corrected chi connectivity index (χ4v) is 6.12. The normalized spacial score (nSPS) is 13.0. The van der Waals surface area contributed by atoms with Gasteiger partial charge in [0.1, 0.15) is 0 Å². The van der Waals surface area contributed by atoms with E-state index in [4.69, 9.17) is 0 Å². The van der Waals surface area contributed by atoms with E-state index in [-0.39, 0.29) is 19.0 Å². The Balaban J connectivity index is 1.18. The maximum absolute atomic E-state index is 13.7. The molecule has 0 atom stereocenters. The van der Waals surface area contributed by atoms with Crippen LogP contribution in [0.4, 0.5) is 0 Å². The number of aryl methyl sites for hydroxylation is 2. The van der Waals surface area contributed by atoms with Crippen molar-refractivity contribution in [1.82, 2.24) is 30.7 Å². The highest BCUT2D eigenvalue weighted by atomic mass is 32.1. The summed E-state index contributed by atoms with van der Waals surface area (Å²) < 4.78 is 1.90. The minimum absolute atomic E-state index is 0.0172. The molecule has 0 aliphatic heterocycles. The number of thiazole rings is 1. The Bertz CT molecular complexity index is 2000. The third kappa shape index (κ3) is 6.21. The maximum Gasteiger partial charge on any atom is 0.310 e.